The number of nitrogens with zero attached hydrogens (tertiary/aromatic N) is 1. The Morgan fingerprint density at radius 2 is 2.22 bits per heavy atom. The van der Waals surface area contributed by atoms with Crippen molar-refractivity contribution >= 4 is 0 Å². The van der Waals surface area contributed by atoms with Gasteiger partial charge < -0.3 is 5.73 Å². The molecule has 0 rings (SSSR count). The molecule has 2 heteroatoms. The monoisotopic (exact) mass is 126 g/mol. The van der Waals surface area contributed by atoms with E-state index >= 15 is 0 Å². The molecule has 0 bridgehead atoms. The lowest BCUT2D eigenvalue weighted by Crippen LogP contribution is -2.33. The zero-order chi connectivity index (χ0) is 7.33. The van der Waals surface area contributed by atoms with E-state index in [1.165, 1.54) is 0 Å². The summed E-state index contributed by atoms with van der Waals surface area (Å²) < 4.78 is 0. The van der Waals surface area contributed by atoms with Crippen molar-refractivity contribution in [1.82, 2.24) is 0 Å². The Balaban J connectivity index is 3.49. The average Bonchev–Trinajstić information content (AvgIpc) is 1.84. The number of unbranched alkanes of at least 4 members (excludes halogenated alkanes) is 1. The van der Waals surface area contributed by atoms with Crippen molar-refractivity contribution in [2.45, 2.75) is 38.6 Å². The molecule has 1 atom stereocenters. The van der Waals surface area contributed by atoms with Gasteiger partial charge in [0.05, 0.1) is 6.07 Å². The van der Waals surface area contributed by atoms with Gasteiger partial charge in [-0.25, -0.2) is 0 Å². The van der Waals surface area contributed by atoms with Crippen LogP contribution < -0.4 is 5.73 Å². The molecule has 0 heterocycles. The van der Waals surface area contributed by atoms with Crippen LogP contribution in [0.1, 0.15) is 33.1 Å². The van der Waals surface area contributed by atoms with Crippen molar-refractivity contribution < 1.29 is 0 Å². The number of hydrogen-bond acceptors (Lipinski definition) is 2. The Morgan fingerprint density at radius 1 is 1.67 bits per heavy atom. The van der Waals surface area contributed by atoms with Gasteiger partial charge in [-0.05, 0) is 13.3 Å². The summed E-state index contributed by atoms with van der Waals surface area (Å²) in [7, 11) is 0. The van der Waals surface area contributed by atoms with E-state index in [4.69, 9.17) is 11.0 Å². The molecular weight excluding hydrogens is 112 g/mol. The minimum absolute atomic E-state index is 0.601. The predicted molar refractivity (Wildman–Crippen MR) is 37.7 cm³/mol. The van der Waals surface area contributed by atoms with Gasteiger partial charge in [-0.15, -0.1) is 0 Å². The SMILES string of the molecule is CCCCC(C)(N)C#N. The molecule has 0 amide bonds. The number of rotatable bonds is 3. The van der Waals surface area contributed by atoms with E-state index < -0.39 is 5.54 Å². The Labute approximate surface area is 56.7 Å². The van der Waals surface area contributed by atoms with Crippen molar-refractivity contribution in [1.29, 1.82) is 5.26 Å². The molecule has 2 nitrogen and oxygen atoms in total. The minimum atomic E-state index is -0.601. The number of nitrogens with two attached hydrogens (primary N) is 1. The Morgan fingerprint density at radius 3 is 2.56 bits per heavy atom. The predicted octanol–water partition coefficient (Wildman–Crippen LogP) is 1.42. The largest absolute Gasteiger partial charge is 0.314 e. The van der Waals surface area contributed by atoms with Crippen molar-refractivity contribution in [3.63, 3.8) is 0 Å². The van der Waals surface area contributed by atoms with Crippen LogP contribution in [-0.2, 0) is 0 Å². The molecule has 0 aliphatic heterocycles. The van der Waals surface area contributed by atoms with Crippen LogP contribution in [0.4, 0.5) is 0 Å². The molecule has 0 saturated heterocycles. The summed E-state index contributed by atoms with van der Waals surface area (Å²) in [6.45, 7) is 3.86. The summed E-state index contributed by atoms with van der Waals surface area (Å²) in [4.78, 5) is 0. The molecule has 0 spiro atoms. The van der Waals surface area contributed by atoms with Crippen LogP contribution in [0.3, 0.4) is 0 Å². The fourth-order valence-corrected chi connectivity index (χ4v) is 0.600. The van der Waals surface area contributed by atoms with E-state index in [0.29, 0.717) is 0 Å². The molecule has 2 N–H and O–H groups in total. The van der Waals surface area contributed by atoms with Gasteiger partial charge in [-0.2, -0.15) is 5.26 Å². The molecule has 0 saturated carbocycles. The van der Waals surface area contributed by atoms with Crippen molar-refractivity contribution in [3.8, 4) is 6.07 Å². The first kappa shape index (κ1) is 8.45. The number of hydrogen-bond donors (Lipinski definition) is 1. The molecule has 0 aliphatic carbocycles. The molecule has 0 aromatic carbocycles. The third-order valence-electron chi connectivity index (χ3n) is 1.31. The fraction of sp³-hybridized carbons (Fsp3) is 0.857. The molecule has 0 fully saturated rings. The van der Waals surface area contributed by atoms with Crippen molar-refractivity contribution in [3.05, 3.63) is 0 Å². The second-order valence-corrected chi connectivity index (χ2v) is 2.63. The Hall–Kier alpha value is -0.550. The summed E-state index contributed by atoms with van der Waals surface area (Å²) in [5.74, 6) is 0. The summed E-state index contributed by atoms with van der Waals surface area (Å²) in [5, 5.41) is 8.45. The van der Waals surface area contributed by atoms with E-state index in [1.54, 1.807) is 6.92 Å². The third-order valence-corrected chi connectivity index (χ3v) is 1.31. The smallest absolute Gasteiger partial charge is 0.101 e. The summed E-state index contributed by atoms with van der Waals surface area (Å²) in [6.07, 6.45) is 2.95. The van der Waals surface area contributed by atoms with E-state index in [1.807, 2.05) is 0 Å². The molecule has 0 aromatic heterocycles. The first-order valence-electron chi connectivity index (χ1n) is 3.32. The van der Waals surface area contributed by atoms with Crippen molar-refractivity contribution in [2.24, 2.45) is 5.73 Å². The van der Waals surface area contributed by atoms with Crippen LogP contribution in [0.15, 0.2) is 0 Å². The van der Waals surface area contributed by atoms with E-state index in [9.17, 15) is 0 Å². The van der Waals surface area contributed by atoms with E-state index in [2.05, 4.69) is 13.0 Å². The second-order valence-electron chi connectivity index (χ2n) is 2.63. The van der Waals surface area contributed by atoms with Crippen LogP contribution in [0.2, 0.25) is 0 Å². The normalized spacial score (nSPS) is 16.2. The molecule has 1 unspecified atom stereocenters. The third kappa shape index (κ3) is 3.99. The molecule has 52 valence electrons. The number of nitriles is 1. The Kier molecular flexibility index (Phi) is 3.26. The van der Waals surface area contributed by atoms with Gasteiger partial charge in [0.1, 0.15) is 5.54 Å². The van der Waals surface area contributed by atoms with E-state index in [-0.39, 0.29) is 0 Å². The molecule has 0 aromatic rings. The van der Waals surface area contributed by atoms with Gasteiger partial charge in [-0.3, -0.25) is 0 Å². The minimum Gasteiger partial charge on any atom is -0.314 e. The van der Waals surface area contributed by atoms with Gasteiger partial charge in [0, 0.05) is 0 Å². The topological polar surface area (TPSA) is 49.8 Å². The fourth-order valence-electron chi connectivity index (χ4n) is 0.600. The summed E-state index contributed by atoms with van der Waals surface area (Å²) in [5.41, 5.74) is 4.94. The first-order chi connectivity index (χ1) is 4.12. The van der Waals surface area contributed by atoms with E-state index in [0.717, 1.165) is 19.3 Å². The molecule has 0 radical (unpaired) electrons. The zero-order valence-corrected chi connectivity index (χ0v) is 6.15. The zero-order valence-electron chi connectivity index (χ0n) is 6.15. The van der Waals surface area contributed by atoms with Gasteiger partial charge >= 0.3 is 0 Å². The average molecular weight is 126 g/mol. The lowest BCUT2D eigenvalue weighted by atomic mass is 9.99. The van der Waals surface area contributed by atoms with Gasteiger partial charge in [0.15, 0.2) is 0 Å². The highest BCUT2D eigenvalue weighted by molar-refractivity contribution is 5.00. The highest BCUT2D eigenvalue weighted by atomic mass is 14.7. The summed E-state index contributed by atoms with van der Waals surface area (Å²) in [6, 6.07) is 2.05. The molecular formula is C7H14N2. The first-order valence-corrected chi connectivity index (χ1v) is 3.32. The summed E-state index contributed by atoms with van der Waals surface area (Å²) >= 11 is 0. The van der Waals surface area contributed by atoms with Crippen molar-refractivity contribution in [2.75, 3.05) is 0 Å². The highest BCUT2D eigenvalue weighted by Crippen LogP contribution is 2.07. The quantitative estimate of drug-likeness (QED) is 0.621. The van der Waals surface area contributed by atoms with Crippen LogP contribution in [0, 0.1) is 11.3 Å². The maximum atomic E-state index is 8.45. The lowest BCUT2D eigenvalue weighted by molar-refractivity contribution is 0.517. The Bertz CT molecular complexity index is 111. The van der Waals surface area contributed by atoms with Crippen LogP contribution in [-0.4, -0.2) is 5.54 Å². The maximum absolute atomic E-state index is 8.45. The molecule has 0 aliphatic rings. The van der Waals surface area contributed by atoms with Crippen LogP contribution in [0.25, 0.3) is 0 Å². The second kappa shape index (κ2) is 3.47. The standard InChI is InChI=1S/C7H14N2/c1-3-4-5-7(2,9)6-8/h3-5,9H2,1-2H3. The highest BCUT2D eigenvalue weighted by Gasteiger charge is 2.14. The van der Waals surface area contributed by atoms with Crippen LogP contribution >= 0.6 is 0 Å². The van der Waals surface area contributed by atoms with Gasteiger partial charge in [0.2, 0.25) is 0 Å². The lowest BCUT2D eigenvalue weighted by Gasteiger charge is -2.13. The molecule has 9 heavy (non-hydrogen) atoms. The van der Waals surface area contributed by atoms with Gasteiger partial charge in [0.25, 0.3) is 0 Å². The van der Waals surface area contributed by atoms with Crippen LogP contribution in [0.5, 0.6) is 0 Å². The van der Waals surface area contributed by atoms with Gasteiger partial charge in [-0.1, -0.05) is 19.8 Å². The maximum Gasteiger partial charge on any atom is 0.101 e.